The highest BCUT2D eigenvalue weighted by Gasteiger charge is 2.25. The normalized spacial score (nSPS) is 17.8. The third kappa shape index (κ3) is 3.66. The maximum absolute atomic E-state index is 12.3. The third-order valence-corrected chi connectivity index (χ3v) is 4.80. The highest BCUT2D eigenvalue weighted by molar-refractivity contribution is 6.43. The molecule has 0 aliphatic heterocycles. The van der Waals surface area contributed by atoms with E-state index in [0.717, 1.165) is 12.8 Å². The molecule has 1 aliphatic rings. The molecule has 0 bridgehead atoms. The van der Waals surface area contributed by atoms with Crippen LogP contribution in [0.5, 0.6) is 0 Å². The Morgan fingerprint density at radius 2 is 2.00 bits per heavy atom. The molecular weight excluding hydrogens is 295 g/mol. The van der Waals surface area contributed by atoms with Crippen LogP contribution in [0.2, 0.25) is 10.0 Å². The smallest absolute Gasteiger partial charge is 0.253 e. The highest BCUT2D eigenvalue weighted by atomic mass is 35.5. The maximum atomic E-state index is 12.3. The van der Waals surface area contributed by atoms with Gasteiger partial charge in [0.2, 0.25) is 0 Å². The summed E-state index contributed by atoms with van der Waals surface area (Å²) in [5, 5.41) is 3.70. The summed E-state index contributed by atoms with van der Waals surface area (Å²) in [5.74, 6) is 0.272. The van der Waals surface area contributed by atoms with Crippen LogP contribution in [0.1, 0.15) is 42.5 Å². The molecule has 1 aromatic carbocycles. The second-order valence-electron chi connectivity index (χ2n) is 5.32. The fraction of sp³-hybridized carbons (Fsp3) is 0.533. The number of carbonyl (C=O) groups excluding carboxylic acids is 1. The van der Waals surface area contributed by atoms with Gasteiger partial charge in [-0.25, -0.2) is 0 Å². The lowest BCUT2D eigenvalue weighted by atomic mass is 9.84. The number of benzene rings is 1. The first-order valence-electron chi connectivity index (χ1n) is 7.08. The second-order valence-corrected chi connectivity index (χ2v) is 6.10. The van der Waals surface area contributed by atoms with Crippen molar-refractivity contribution in [3.63, 3.8) is 0 Å². The zero-order valence-corrected chi connectivity index (χ0v) is 12.9. The van der Waals surface area contributed by atoms with E-state index in [1.807, 2.05) is 0 Å². The Balaban J connectivity index is 2.06. The molecule has 0 saturated heterocycles. The van der Waals surface area contributed by atoms with Crippen LogP contribution in [0.15, 0.2) is 18.2 Å². The van der Waals surface area contributed by atoms with Gasteiger partial charge in [0.15, 0.2) is 0 Å². The molecule has 0 spiro atoms. The van der Waals surface area contributed by atoms with Crippen molar-refractivity contribution in [2.45, 2.75) is 38.1 Å². The molecule has 1 aliphatic carbocycles. The van der Waals surface area contributed by atoms with Gasteiger partial charge in [-0.2, -0.15) is 0 Å². The van der Waals surface area contributed by atoms with Crippen molar-refractivity contribution in [2.24, 2.45) is 11.7 Å². The van der Waals surface area contributed by atoms with Crippen LogP contribution in [0, 0.1) is 5.92 Å². The average Bonchev–Trinajstić information content (AvgIpc) is 2.48. The monoisotopic (exact) mass is 314 g/mol. The molecule has 5 heteroatoms. The average molecular weight is 315 g/mol. The summed E-state index contributed by atoms with van der Waals surface area (Å²) in [6.45, 7) is 0.453. The van der Waals surface area contributed by atoms with Crippen molar-refractivity contribution < 1.29 is 4.79 Å². The summed E-state index contributed by atoms with van der Waals surface area (Å²) in [7, 11) is 0. The van der Waals surface area contributed by atoms with Crippen molar-refractivity contribution in [2.75, 3.05) is 6.54 Å². The van der Waals surface area contributed by atoms with Crippen LogP contribution in [0.4, 0.5) is 0 Å². The fourth-order valence-electron chi connectivity index (χ4n) is 2.83. The van der Waals surface area contributed by atoms with Crippen molar-refractivity contribution in [3.8, 4) is 0 Å². The first-order valence-corrected chi connectivity index (χ1v) is 7.84. The number of amides is 1. The van der Waals surface area contributed by atoms with Crippen LogP contribution >= 0.6 is 23.2 Å². The first-order chi connectivity index (χ1) is 9.63. The lowest BCUT2D eigenvalue weighted by molar-refractivity contribution is 0.0915. The van der Waals surface area contributed by atoms with Gasteiger partial charge in [-0.3, -0.25) is 4.79 Å². The van der Waals surface area contributed by atoms with E-state index in [2.05, 4.69) is 5.32 Å². The van der Waals surface area contributed by atoms with Crippen molar-refractivity contribution >= 4 is 29.1 Å². The fourth-order valence-corrected chi connectivity index (χ4v) is 3.22. The number of hydrogen-bond donors (Lipinski definition) is 2. The molecule has 3 N–H and O–H groups in total. The van der Waals surface area contributed by atoms with Crippen molar-refractivity contribution in [1.82, 2.24) is 5.32 Å². The molecule has 1 aromatic rings. The standard InChI is InChI=1S/C15H20Cl2N2O/c16-12-8-4-7-11(14(12)17)15(20)19-13(9-18)10-5-2-1-3-6-10/h4,7-8,10,13H,1-3,5-6,9,18H2,(H,19,20). The van der Waals surface area contributed by atoms with Crippen LogP contribution in [-0.2, 0) is 0 Å². The van der Waals surface area contributed by atoms with Gasteiger partial charge in [0, 0.05) is 12.6 Å². The van der Waals surface area contributed by atoms with Gasteiger partial charge in [-0.05, 0) is 30.9 Å². The number of rotatable bonds is 4. The minimum absolute atomic E-state index is 0.0119. The molecule has 0 radical (unpaired) electrons. The van der Waals surface area contributed by atoms with Crippen LogP contribution in [-0.4, -0.2) is 18.5 Å². The molecule has 2 rings (SSSR count). The SMILES string of the molecule is NCC(NC(=O)c1cccc(Cl)c1Cl)C1CCCCC1. The van der Waals surface area contributed by atoms with Crippen molar-refractivity contribution in [1.29, 1.82) is 0 Å². The Morgan fingerprint density at radius 3 is 2.65 bits per heavy atom. The summed E-state index contributed by atoms with van der Waals surface area (Å²) in [5.41, 5.74) is 6.23. The third-order valence-electron chi connectivity index (χ3n) is 3.99. The molecule has 1 unspecified atom stereocenters. The highest BCUT2D eigenvalue weighted by Crippen LogP contribution is 2.28. The quantitative estimate of drug-likeness (QED) is 0.891. The zero-order valence-electron chi connectivity index (χ0n) is 11.4. The second kappa shape index (κ2) is 7.30. The topological polar surface area (TPSA) is 55.1 Å². The predicted octanol–water partition coefficient (Wildman–Crippen LogP) is 3.63. The summed E-state index contributed by atoms with van der Waals surface area (Å²) in [4.78, 5) is 12.3. The van der Waals surface area contributed by atoms with E-state index in [-0.39, 0.29) is 11.9 Å². The lowest BCUT2D eigenvalue weighted by Gasteiger charge is -2.30. The molecule has 1 atom stereocenters. The van der Waals surface area contributed by atoms with Gasteiger partial charge in [0.1, 0.15) is 0 Å². The van der Waals surface area contributed by atoms with Gasteiger partial charge in [-0.15, -0.1) is 0 Å². The molecule has 1 fully saturated rings. The van der Waals surface area contributed by atoms with Gasteiger partial charge in [-0.1, -0.05) is 48.5 Å². The summed E-state index contributed by atoms with van der Waals surface area (Å²) in [6, 6.07) is 5.08. The molecule has 1 saturated carbocycles. The molecule has 110 valence electrons. The summed E-state index contributed by atoms with van der Waals surface area (Å²) >= 11 is 12.0. The van der Waals surface area contributed by atoms with Crippen molar-refractivity contribution in [3.05, 3.63) is 33.8 Å². The number of nitrogens with one attached hydrogen (secondary N) is 1. The summed E-state index contributed by atoms with van der Waals surface area (Å²) in [6.07, 6.45) is 5.97. The van der Waals surface area contributed by atoms with Crippen LogP contribution in [0.25, 0.3) is 0 Å². The minimum Gasteiger partial charge on any atom is -0.348 e. The maximum Gasteiger partial charge on any atom is 0.253 e. The first kappa shape index (κ1) is 15.6. The molecular formula is C15H20Cl2N2O. The Labute approximate surface area is 129 Å². The van der Waals surface area contributed by atoms with Crippen LogP contribution < -0.4 is 11.1 Å². The number of hydrogen-bond acceptors (Lipinski definition) is 2. The summed E-state index contributed by atoms with van der Waals surface area (Å²) < 4.78 is 0. The molecule has 0 aromatic heterocycles. The predicted molar refractivity (Wildman–Crippen MR) is 83.3 cm³/mol. The Kier molecular flexibility index (Phi) is 5.70. The van der Waals surface area contributed by atoms with Crippen LogP contribution in [0.3, 0.4) is 0 Å². The Hall–Kier alpha value is -0.770. The van der Waals surface area contributed by atoms with Gasteiger partial charge in [0.05, 0.1) is 15.6 Å². The number of halogens is 2. The van der Waals surface area contributed by atoms with Gasteiger partial charge >= 0.3 is 0 Å². The van der Waals surface area contributed by atoms with E-state index in [9.17, 15) is 4.79 Å². The van der Waals surface area contributed by atoms with E-state index >= 15 is 0 Å². The van der Waals surface area contributed by atoms with Gasteiger partial charge in [0.25, 0.3) is 5.91 Å². The van der Waals surface area contributed by atoms with E-state index in [4.69, 9.17) is 28.9 Å². The number of nitrogens with two attached hydrogens (primary N) is 1. The molecule has 0 heterocycles. The van der Waals surface area contributed by atoms with E-state index in [0.29, 0.717) is 28.1 Å². The molecule has 1 amide bonds. The lowest BCUT2D eigenvalue weighted by Crippen LogP contribution is -2.46. The minimum atomic E-state index is -0.196. The van der Waals surface area contributed by atoms with E-state index < -0.39 is 0 Å². The largest absolute Gasteiger partial charge is 0.348 e. The zero-order chi connectivity index (χ0) is 14.5. The molecule has 20 heavy (non-hydrogen) atoms. The Bertz CT molecular complexity index is 473. The van der Waals surface area contributed by atoms with E-state index in [1.54, 1.807) is 18.2 Å². The Morgan fingerprint density at radius 1 is 1.30 bits per heavy atom. The van der Waals surface area contributed by atoms with Gasteiger partial charge < -0.3 is 11.1 Å². The molecule has 3 nitrogen and oxygen atoms in total. The number of carbonyl (C=O) groups is 1. The van der Waals surface area contributed by atoms with E-state index in [1.165, 1.54) is 19.3 Å².